The highest BCUT2D eigenvalue weighted by Crippen LogP contribution is 2.26. The van der Waals surface area contributed by atoms with E-state index < -0.39 is 0 Å². The number of hydrogen-bond donors (Lipinski definition) is 0. The van der Waals surface area contributed by atoms with Crippen LogP contribution >= 0.6 is 11.6 Å². The Balaban J connectivity index is 2.53. The molecule has 3 heteroatoms. The molecule has 2 aromatic rings. The van der Waals surface area contributed by atoms with Gasteiger partial charge < -0.3 is 0 Å². The molecule has 0 atom stereocenters. The molecule has 0 aliphatic rings. The second-order valence-corrected chi connectivity index (χ2v) is 6.09. The second-order valence-electron chi connectivity index (χ2n) is 5.70. The minimum absolute atomic E-state index is 0.109. The molecule has 2 rings (SSSR count). The SMILES string of the molecule is CCc1cccc(-c2cc(Cl)nc(C(C)(C)C)n2)c1. The van der Waals surface area contributed by atoms with E-state index in [4.69, 9.17) is 11.6 Å². The monoisotopic (exact) mass is 274 g/mol. The van der Waals surface area contributed by atoms with Gasteiger partial charge in [0.25, 0.3) is 0 Å². The van der Waals surface area contributed by atoms with Gasteiger partial charge in [0.15, 0.2) is 0 Å². The first kappa shape index (κ1) is 14.0. The van der Waals surface area contributed by atoms with Crippen molar-refractivity contribution in [3.8, 4) is 11.3 Å². The maximum Gasteiger partial charge on any atom is 0.136 e. The Labute approximate surface area is 119 Å². The molecule has 19 heavy (non-hydrogen) atoms. The summed E-state index contributed by atoms with van der Waals surface area (Å²) in [7, 11) is 0. The molecule has 0 spiro atoms. The van der Waals surface area contributed by atoms with E-state index in [0.717, 1.165) is 23.5 Å². The van der Waals surface area contributed by atoms with Gasteiger partial charge in [-0.2, -0.15) is 0 Å². The lowest BCUT2D eigenvalue weighted by Crippen LogP contribution is -2.16. The molecule has 0 amide bonds. The summed E-state index contributed by atoms with van der Waals surface area (Å²) in [5.74, 6) is 0.775. The van der Waals surface area contributed by atoms with Crippen molar-refractivity contribution in [2.24, 2.45) is 0 Å². The van der Waals surface area contributed by atoms with Gasteiger partial charge >= 0.3 is 0 Å². The number of rotatable bonds is 2. The van der Waals surface area contributed by atoms with Gasteiger partial charge in [0.2, 0.25) is 0 Å². The quantitative estimate of drug-likeness (QED) is 0.745. The lowest BCUT2D eigenvalue weighted by molar-refractivity contribution is 0.546. The van der Waals surface area contributed by atoms with E-state index in [2.05, 4.69) is 61.9 Å². The van der Waals surface area contributed by atoms with Gasteiger partial charge in [0.05, 0.1) is 5.69 Å². The fourth-order valence-electron chi connectivity index (χ4n) is 1.85. The number of aromatic nitrogens is 2. The molecular weight excluding hydrogens is 256 g/mol. The first-order valence-electron chi connectivity index (χ1n) is 6.54. The van der Waals surface area contributed by atoms with Gasteiger partial charge in [-0.1, -0.05) is 57.5 Å². The summed E-state index contributed by atoms with van der Waals surface area (Å²) in [6.45, 7) is 8.41. The molecule has 1 heterocycles. The van der Waals surface area contributed by atoms with Crippen LogP contribution < -0.4 is 0 Å². The molecule has 2 nitrogen and oxygen atoms in total. The van der Waals surface area contributed by atoms with E-state index in [0.29, 0.717) is 5.15 Å². The van der Waals surface area contributed by atoms with Crippen LogP contribution in [0, 0.1) is 0 Å². The van der Waals surface area contributed by atoms with Crippen LogP contribution in [0.2, 0.25) is 5.15 Å². The number of halogens is 1. The van der Waals surface area contributed by atoms with Crippen LogP contribution in [0.3, 0.4) is 0 Å². The van der Waals surface area contributed by atoms with Crippen LogP contribution in [-0.2, 0) is 11.8 Å². The van der Waals surface area contributed by atoms with Crippen molar-refractivity contribution < 1.29 is 0 Å². The van der Waals surface area contributed by atoms with Crippen LogP contribution in [0.25, 0.3) is 11.3 Å². The normalized spacial score (nSPS) is 11.6. The van der Waals surface area contributed by atoms with Crippen molar-refractivity contribution in [1.29, 1.82) is 0 Å². The molecule has 0 radical (unpaired) electrons. The first-order chi connectivity index (χ1) is 8.90. The lowest BCUT2D eigenvalue weighted by Gasteiger charge is -2.17. The summed E-state index contributed by atoms with van der Waals surface area (Å²) in [6.07, 6.45) is 1.01. The van der Waals surface area contributed by atoms with Crippen molar-refractivity contribution in [2.45, 2.75) is 39.5 Å². The van der Waals surface area contributed by atoms with Gasteiger partial charge in [-0.05, 0) is 18.1 Å². The van der Waals surface area contributed by atoms with Gasteiger partial charge in [-0.3, -0.25) is 0 Å². The molecular formula is C16H19ClN2. The summed E-state index contributed by atoms with van der Waals surface area (Å²) in [6, 6.07) is 10.2. The fourth-order valence-corrected chi connectivity index (χ4v) is 2.03. The summed E-state index contributed by atoms with van der Waals surface area (Å²) in [5, 5.41) is 0.497. The zero-order valence-corrected chi connectivity index (χ0v) is 12.6. The minimum Gasteiger partial charge on any atom is -0.232 e. The van der Waals surface area contributed by atoms with Crippen molar-refractivity contribution in [3.05, 3.63) is 46.9 Å². The Morgan fingerprint density at radius 1 is 1.11 bits per heavy atom. The van der Waals surface area contributed by atoms with E-state index in [1.54, 1.807) is 0 Å². The van der Waals surface area contributed by atoms with Gasteiger partial charge in [-0.25, -0.2) is 9.97 Å². The average Bonchev–Trinajstić information content (AvgIpc) is 2.37. The number of nitrogens with zero attached hydrogens (tertiary/aromatic N) is 2. The predicted octanol–water partition coefficient (Wildman–Crippen LogP) is 4.66. The van der Waals surface area contributed by atoms with Crippen LogP contribution in [0.1, 0.15) is 39.1 Å². The predicted molar refractivity (Wildman–Crippen MR) is 80.6 cm³/mol. The fraction of sp³-hybridized carbons (Fsp3) is 0.375. The highest BCUT2D eigenvalue weighted by atomic mass is 35.5. The molecule has 0 fully saturated rings. The molecule has 0 saturated carbocycles. The van der Waals surface area contributed by atoms with Gasteiger partial charge in [0.1, 0.15) is 11.0 Å². The Morgan fingerprint density at radius 2 is 1.84 bits per heavy atom. The second kappa shape index (κ2) is 5.30. The largest absolute Gasteiger partial charge is 0.232 e. The highest BCUT2D eigenvalue weighted by molar-refractivity contribution is 6.29. The van der Waals surface area contributed by atoms with E-state index in [1.807, 2.05) is 6.07 Å². The van der Waals surface area contributed by atoms with E-state index in [-0.39, 0.29) is 5.41 Å². The van der Waals surface area contributed by atoms with Crippen molar-refractivity contribution >= 4 is 11.6 Å². The standard InChI is InChI=1S/C16H19ClN2/c1-5-11-7-6-8-12(9-11)13-10-14(17)19-15(18-13)16(2,3)4/h6-10H,5H2,1-4H3. The third-order valence-corrected chi connectivity index (χ3v) is 3.19. The molecule has 100 valence electrons. The Kier molecular flexibility index (Phi) is 3.91. The van der Waals surface area contributed by atoms with E-state index in [9.17, 15) is 0 Å². The van der Waals surface area contributed by atoms with E-state index in [1.165, 1.54) is 5.56 Å². The summed E-state index contributed by atoms with van der Waals surface area (Å²) in [4.78, 5) is 8.98. The van der Waals surface area contributed by atoms with Crippen LogP contribution in [0.4, 0.5) is 0 Å². The number of benzene rings is 1. The first-order valence-corrected chi connectivity index (χ1v) is 6.92. The third-order valence-electron chi connectivity index (χ3n) is 3.00. The molecule has 0 N–H and O–H groups in total. The van der Waals surface area contributed by atoms with Crippen molar-refractivity contribution in [2.75, 3.05) is 0 Å². The highest BCUT2D eigenvalue weighted by Gasteiger charge is 2.19. The molecule has 1 aromatic heterocycles. The topological polar surface area (TPSA) is 25.8 Å². The van der Waals surface area contributed by atoms with Crippen molar-refractivity contribution in [1.82, 2.24) is 9.97 Å². The molecule has 1 aromatic carbocycles. The maximum atomic E-state index is 6.13. The maximum absolute atomic E-state index is 6.13. The zero-order chi connectivity index (χ0) is 14.0. The zero-order valence-electron chi connectivity index (χ0n) is 11.9. The van der Waals surface area contributed by atoms with Crippen LogP contribution in [0.5, 0.6) is 0 Å². The van der Waals surface area contributed by atoms with Crippen molar-refractivity contribution in [3.63, 3.8) is 0 Å². The number of aryl methyl sites for hydroxylation is 1. The third kappa shape index (κ3) is 3.32. The lowest BCUT2D eigenvalue weighted by atomic mass is 9.95. The Hall–Kier alpha value is -1.41. The average molecular weight is 275 g/mol. The molecule has 0 unspecified atom stereocenters. The smallest absolute Gasteiger partial charge is 0.136 e. The summed E-state index contributed by atoms with van der Waals surface area (Å²) in [5.41, 5.74) is 3.17. The molecule has 0 aliphatic carbocycles. The summed E-state index contributed by atoms with van der Waals surface area (Å²) < 4.78 is 0. The molecule has 0 bridgehead atoms. The Bertz CT molecular complexity index is 586. The Morgan fingerprint density at radius 3 is 2.47 bits per heavy atom. The van der Waals surface area contributed by atoms with Gasteiger partial charge in [0, 0.05) is 17.0 Å². The molecule has 0 aliphatic heterocycles. The summed E-state index contributed by atoms with van der Waals surface area (Å²) >= 11 is 6.13. The number of hydrogen-bond acceptors (Lipinski definition) is 2. The van der Waals surface area contributed by atoms with E-state index >= 15 is 0 Å². The van der Waals surface area contributed by atoms with Crippen LogP contribution in [0.15, 0.2) is 30.3 Å². The minimum atomic E-state index is -0.109. The van der Waals surface area contributed by atoms with Crippen LogP contribution in [-0.4, -0.2) is 9.97 Å². The molecule has 0 saturated heterocycles. The van der Waals surface area contributed by atoms with Gasteiger partial charge in [-0.15, -0.1) is 0 Å².